The number of fused-ring (bicyclic) bond motifs is 2. The zero-order valence-corrected chi connectivity index (χ0v) is 37.4. The molecule has 0 nitrogen and oxygen atoms in total. The molecule has 271 valence electrons. The second-order valence-electron chi connectivity index (χ2n) is 15.7. The summed E-state index contributed by atoms with van der Waals surface area (Å²) in [5.41, 5.74) is 20.8. The fraction of sp³-hybridized carbons (Fsp3) is 0.200. The Labute approximate surface area is 331 Å². The van der Waals surface area contributed by atoms with Crippen molar-refractivity contribution >= 4 is 35.1 Å². The molecule has 0 aromatic heterocycles. The molecule has 0 radical (unpaired) electrons. The van der Waals surface area contributed by atoms with Crippen LogP contribution < -0.4 is 0 Å². The Morgan fingerprint density at radius 1 is 0.481 bits per heavy atom. The molecular weight excluding hydrogens is 791 g/mol. The molecule has 4 heteroatoms. The van der Waals surface area contributed by atoms with E-state index in [2.05, 4.69) is 186 Å². The molecular formula is C50H49Cl2SiZr. The molecule has 54 heavy (non-hydrogen) atoms. The van der Waals surface area contributed by atoms with Crippen LogP contribution in [0.25, 0.3) is 56.7 Å². The maximum atomic E-state index is 8.87. The molecule has 0 fully saturated rings. The third-order valence-electron chi connectivity index (χ3n) is 12.6. The van der Waals surface area contributed by atoms with Crippen LogP contribution in [-0.4, -0.2) is 5.92 Å². The standard InChI is InChI=1S/2C24H21.C2H7Si.2ClH.Zr/c2*1-3-18-15-20-13-14-22(19-10-5-4-6-11-19)24(23(20)16-18)21-12-8-7-9-17(21)2;1-3-2;;;/h2*4-16H,3H2,1-2H3;3H,1-2H3;2*1H;/q;;;;;+2/p-2. The van der Waals surface area contributed by atoms with Gasteiger partial charge in [-0.05, 0) is 0 Å². The second kappa shape index (κ2) is 14.5. The van der Waals surface area contributed by atoms with Gasteiger partial charge in [-0.15, -0.1) is 0 Å². The summed E-state index contributed by atoms with van der Waals surface area (Å²) in [7, 11) is 17.7. The van der Waals surface area contributed by atoms with E-state index >= 15 is 0 Å². The van der Waals surface area contributed by atoms with Gasteiger partial charge in [-0.2, -0.15) is 0 Å². The first-order valence-electron chi connectivity index (χ1n) is 19.6. The summed E-state index contributed by atoms with van der Waals surface area (Å²) in [6.07, 6.45) is 6.85. The number of allylic oxidation sites excluding steroid dienone is 2. The van der Waals surface area contributed by atoms with Crippen molar-refractivity contribution in [3.05, 3.63) is 178 Å². The van der Waals surface area contributed by atoms with Gasteiger partial charge in [-0.25, -0.2) is 0 Å². The Morgan fingerprint density at radius 3 is 1.20 bits per heavy atom. The van der Waals surface area contributed by atoms with Crippen LogP contribution in [0.2, 0.25) is 13.1 Å². The van der Waals surface area contributed by atoms with Gasteiger partial charge in [-0.1, -0.05) is 0 Å². The molecule has 0 aliphatic heterocycles. The van der Waals surface area contributed by atoms with Crippen molar-refractivity contribution in [3.8, 4) is 44.5 Å². The molecule has 6 aromatic carbocycles. The van der Waals surface area contributed by atoms with Gasteiger partial charge in [0.25, 0.3) is 0 Å². The van der Waals surface area contributed by atoms with Crippen LogP contribution in [0.15, 0.2) is 145 Å². The molecule has 2 atom stereocenters. The van der Waals surface area contributed by atoms with E-state index in [0.29, 0.717) is 0 Å². The van der Waals surface area contributed by atoms with Crippen LogP contribution in [0.5, 0.6) is 0 Å². The van der Waals surface area contributed by atoms with Crippen LogP contribution in [0.3, 0.4) is 0 Å². The first-order chi connectivity index (χ1) is 26.1. The molecule has 0 amide bonds. The van der Waals surface area contributed by atoms with Crippen molar-refractivity contribution in [3.63, 3.8) is 0 Å². The van der Waals surface area contributed by atoms with Gasteiger partial charge in [0.2, 0.25) is 0 Å². The van der Waals surface area contributed by atoms with E-state index in [1.165, 1.54) is 89.0 Å². The molecule has 6 aromatic rings. The fourth-order valence-corrected chi connectivity index (χ4v) is 41.6. The van der Waals surface area contributed by atoms with Gasteiger partial charge in [0.05, 0.1) is 0 Å². The van der Waals surface area contributed by atoms with Crippen molar-refractivity contribution in [2.45, 2.75) is 60.9 Å². The van der Waals surface area contributed by atoms with Gasteiger partial charge < -0.3 is 0 Å². The molecule has 2 aliphatic rings. The summed E-state index contributed by atoms with van der Waals surface area (Å²) in [4.78, 5) is 0. The number of aryl methyl sites for hydroxylation is 2. The van der Waals surface area contributed by atoms with Crippen molar-refractivity contribution in [1.29, 1.82) is 0 Å². The summed E-state index contributed by atoms with van der Waals surface area (Å²) in [5, 5.41) is 0. The topological polar surface area (TPSA) is 0 Å². The number of halogens is 2. The van der Waals surface area contributed by atoms with E-state index in [9.17, 15) is 0 Å². The zero-order valence-electron chi connectivity index (χ0n) is 32.3. The Balaban J connectivity index is 1.40. The molecule has 2 unspecified atom stereocenters. The molecule has 8 rings (SSSR count). The van der Waals surface area contributed by atoms with Crippen molar-refractivity contribution in [1.82, 2.24) is 0 Å². The Bertz CT molecular complexity index is 2290. The third kappa shape index (κ3) is 5.87. The average Bonchev–Trinajstić information content (AvgIpc) is 3.79. The van der Waals surface area contributed by atoms with Crippen LogP contribution in [0.4, 0.5) is 0 Å². The molecule has 0 heterocycles. The number of hydrogen-bond acceptors (Lipinski definition) is 0. The molecule has 0 N–H and O–H groups in total. The summed E-state index contributed by atoms with van der Waals surface area (Å²) in [5.74, 6) is -1.73. The predicted molar refractivity (Wildman–Crippen MR) is 237 cm³/mol. The van der Waals surface area contributed by atoms with Gasteiger partial charge in [0.15, 0.2) is 0 Å². The van der Waals surface area contributed by atoms with E-state index in [-0.39, 0.29) is 7.25 Å². The molecule has 0 bridgehead atoms. The fourth-order valence-electron chi connectivity index (χ4n) is 9.77. The molecule has 0 saturated carbocycles. The summed E-state index contributed by atoms with van der Waals surface area (Å²) in [6, 6.07) is 48.9. The zero-order chi connectivity index (χ0) is 37.8. The second-order valence-corrected chi connectivity index (χ2v) is 58.2. The first kappa shape index (κ1) is 37.4. The minimum atomic E-state index is -5.00. The van der Waals surface area contributed by atoms with E-state index in [1.807, 2.05) is 0 Å². The monoisotopic (exact) mass is 837 g/mol. The van der Waals surface area contributed by atoms with Crippen LogP contribution in [-0.2, 0) is 15.6 Å². The Kier molecular flexibility index (Phi) is 10.1. The van der Waals surface area contributed by atoms with E-state index in [4.69, 9.17) is 17.0 Å². The Hall–Kier alpha value is -3.52. The first-order valence-corrected chi connectivity index (χ1v) is 35.9. The number of benzene rings is 6. The predicted octanol–water partition coefficient (Wildman–Crippen LogP) is 15.3. The molecule has 0 spiro atoms. The maximum absolute atomic E-state index is 8.87. The Morgan fingerprint density at radius 2 is 0.852 bits per heavy atom. The normalized spacial score (nSPS) is 17.1. The van der Waals surface area contributed by atoms with Crippen LogP contribution >= 0.6 is 17.0 Å². The van der Waals surface area contributed by atoms with Crippen molar-refractivity contribution in [2.24, 2.45) is 0 Å². The third-order valence-corrected chi connectivity index (χ3v) is 64.5. The number of hydrogen-bond donors (Lipinski definition) is 0. The summed E-state index contributed by atoms with van der Waals surface area (Å²) >= 11 is -5.00. The average molecular weight is 840 g/mol. The van der Waals surface area contributed by atoms with Gasteiger partial charge >= 0.3 is 334 Å². The van der Waals surface area contributed by atoms with Crippen molar-refractivity contribution in [2.75, 3.05) is 0 Å². The quantitative estimate of drug-likeness (QED) is 0.127. The van der Waals surface area contributed by atoms with Crippen LogP contribution in [0.1, 0.15) is 67.3 Å². The number of rotatable bonds is 9. The van der Waals surface area contributed by atoms with E-state index < -0.39 is 21.5 Å². The van der Waals surface area contributed by atoms with Crippen LogP contribution in [0, 0.1) is 13.8 Å². The molecule has 0 saturated heterocycles. The summed E-state index contributed by atoms with van der Waals surface area (Å²) in [6.45, 7) is 14.0. The van der Waals surface area contributed by atoms with Gasteiger partial charge in [0, 0.05) is 0 Å². The summed E-state index contributed by atoms with van der Waals surface area (Å²) < 4.78 is 0.0753. The SMILES string of the molecule is CCC1=Cc2c(ccc(-c3ccccc3)c2-c2ccccc2C)[CH]1[Zr]([Cl])([Cl])([CH]1C(CC)=Cc2c1ccc(-c1ccccc1)c2-c1ccccc1C)[SiH](C)C. The van der Waals surface area contributed by atoms with E-state index in [1.54, 1.807) is 0 Å². The minimum absolute atomic E-state index is 0.0376. The van der Waals surface area contributed by atoms with E-state index in [0.717, 1.165) is 12.8 Å². The van der Waals surface area contributed by atoms with Gasteiger partial charge in [-0.3, -0.25) is 0 Å². The molecule has 2 aliphatic carbocycles. The van der Waals surface area contributed by atoms with Gasteiger partial charge in [0.1, 0.15) is 0 Å². The van der Waals surface area contributed by atoms with Crippen molar-refractivity contribution < 1.29 is 15.6 Å².